The van der Waals surface area contributed by atoms with Gasteiger partial charge in [0.2, 0.25) is 0 Å². The second-order valence-electron chi connectivity index (χ2n) is 9.50. The molecule has 5 N–H and O–H groups in total. The number of pyridine rings is 1. The van der Waals surface area contributed by atoms with Crippen LogP contribution in [0.2, 0.25) is 0 Å². The van der Waals surface area contributed by atoms with Gasteiger partial charge in [-0.2, -0.15) is 0 Å². The molecule has 0 aliphatic carbocycles. The van der Waals surface area contributed by atoms with Crippen LogP contribution in [0.4, 0.5) is 5.69 Å². The number of nitrogens with two attached hydrogens (primary N) is 1. The number of nitrogens with zero attached hydrogens (tertiary/aromatic N) is 2. The summed E-state index contributed by atoms with van der Waals surface area (Å²) in [5, 5.41) is 22.6. The van der Waals surface area contributed by atoms with E-state index in [1.165, 1.54) is 0 Å². The number of carbonyl (C=O) groups is 1. The molecule has 8 nitrogen and oxygen atoms in total. The molecule has 2 aromatic heterocycles. The number of rotatable bonds is 10. The number of aromatic nitrogens is 2. The van der Waals surface area contributed by atoms with Crippen LogP contribution in [0.5, 0.6) is 5.75 Å². The summed E-state index contributed by atoms with van der Waals surface area (Å²) in [6.45, 7) is 5.51. The minimum absolute atomic E-state index is 0.0169. The number of anilines is 1. The number of benzene rings is 2. The predicted octanol–water partition coefficient (Wildman–Crippen LogP) is 4.15. The van der Waals surface area contributed by atoms with Crippen LogP contribution in [0.3, 0.4) is 0 Å². The first-order valence-corrected chi connectivity index (χ1v) is 12.5. The Morgan fingerprint density at radius 3 is 2.54 bits per heavy atom. The molecule has 2 heterocycles. The number of ether oxygens (including phenoxy) is 1. The van der Waals surface area contributed by atoms with Crippen molar-refractivity contribution >= 4 is 17.2 Å². The summed E-state index contributed by atoms with van der Waals surface area (Å²) >= 11 is 0. The summed E-state index contributed by atoms with van der Waals surface area (Å²) in [5.41, 5.74) is 11.2. The second-order valence-corrected chi connectivity index (χ2v) is 9.50. The highest BCUT2D eigenvalue weighted by molar-refractivity contribution is 5.95. The summed E-state index contributed by atoms with van der Waals surface area (Å²) in [6, 6.07) is 16.5. The van der Waals surface area contributed by atoms with Gasteiger partial charge in [-0.3, -0.25) is 4.79 Å². The van der Waals surface area contributed by atoms with E-state index in [2.05, 4.69) is 5.32 Å². The summed E-state index contributed by atoms with van der Waals surface area (Å²) in [7, 11) is 0. The fourth-order valence-electron chi connectivity index (χ4n) is 4.30. The number of nitrogens with one attached hydrogen (secondary N) is 1. The lowest BCUT2D eigenvalue weighted by Crippen LogP contribution is -2.37. The zero-order chi connectivity index (χ0) is 26.5. The van der Waals surface area contributed by atoms with Gasteiger partial charge in [-0.1, -0.05) is 30.3 Å². The van der Waals surface area contributed by atoms with Crippen LogP contribution in [0.25, 0.3) is 16.9 Å². The molecule has 0 saturated heterocycles. The number of fused-ring (bicyclic) bond motifs is 1. The molecule has 0 aliphatic heterocycles. The Labute approximate surface area is 216 Å². The Balaban J connectivity index is 1.46. The van der Waals surface area contributed by atoms with E-state index >= 15 is 0 Å². The molecule has 2 aromatic carbocycles. The van der Waals surface area contributed by atoms with Crippen molar-refractivity contribution in [2.75, 3.05) is 12.3 Å². The first kappa shape index (κ1) is 26.2. The normalized spacial score (nSPS) is 13.0. The lowest BCUT2D eigenvalue weighted by atomic mass is 10.0. The lowest BCUT2D eigenvalue weighted by molar-refractivity contribution is 0.0930. The summed E-state index contributed by atoms with van der Waals surface area (Å²) in [4.78, 5) is 17.6. The molecule has 194 valence electrons. The monoisotopic (exact) mass is 502 g/mol. The van der Waals surface area contributed by atoms with E-state index in [9.17, 15) is 15.0 Å². The van der Waals surface area contributed by atoms with Crippen molar-refractivity contribution in [2.24, 2.45) is 0 Å². The van der Waals surface area contributed by atoms with Gasteiger partial charge < -0.3 is 30.4 Å². The summed E-state index contributed by atoms with van der Waals surface area (Å²) < 4.78 is 7.56. The van der Waals surface area contributed by atoms with Crippen molar-refractivity contribution in [3.05, 3.63) is 83.7 Å². The number of aliphatic hydroxyl groups is 2. The number of amides is 1. The molecular formula is C29H34N4O4. The van der Waals surface area contributed by atoms with Gasteiger partial charge in [0.05, 0.1) is 23.6 Å². The van der Waals surface area contributed by atoms with Crippen LogP contribution in [0.1, 0.15) is 54.8 Å². The maximum absolute atomic E-state index is 12.9. The summed E-state index contributed by atoms with van der Waals surface area (Å²) in [5.74, 6) is 0.294. The van der Waals surface area contributed by atoms with Crippen molar-refractivity contribution in [1.29, 1.82) is 0 Å². The Bertz CT molecular complexity index is 1360. The van der Waals surface area contributed by atoms with Gasteiger partial charge >= 0.3 is 0 Å². The van der Waals surface area contributed by atoms with Crippen LogP contribution >= 0.6 is 0 Å². The van der Waals surface area contributed by atoms with Gasteiger partial charge in [-0.15, -0.1) is 0 Å². The standard InChI is InChI=1S/C29H34N4O4/c1-18(2)37-27-11-10-22(16-25(27)30)29(36)31-23(12-14-34)15-20-6-8-21(9-7-20)26-17-33-13-4-5-24(19(3)35)28(33)32-26/h4-11,13,16-19,23,34-35H,12,14-15,30H2,1-3H3,(H,31,36)/t19-,23+/m0/s1. The van der Waals surface area contributed by atoms with Gasteiger partial charge in [-0.25, -0.2) is 4.98 Å². The van der Waals surface area contributed by atoms with Crippen molar-refractivity contribution in [2.45, 2.75) is 51.9 Å². The van der Waals surface area contributed by atoms with E-state index in [1.54, 1.807) is 25.1 Å². The quantitative estimate of drug-likeness (QED) is 0.242. The number of aliphatic hydroxyl groups excluding tert-OH is 2. The zero-order valence-electron chi connectivity index (χ0n) is 21.4. The SMILES string of the molecule is CC(C)Oc1ccc(C(=O)N[C@H](CCO)Cc2ccc(-c3cn4cccc([C@H](C)O)c4n3)cc2)cc1N. The van der Waals surface area contributed by atoms with E-state index < -0.39 is 6.10 Å². The minimum atomic E-state index is -0.609. The van der Waals surface area contributed by atoms with Crippen molar-refractivity contribution in [3.63, 3.8) is 0 Å². The summed E-state index contributed by atoms with van der Waals surface area (Å²) in [6.07, 6.45) is 4.21. The molecule has 0 radical (unpaired) electrons. The number of imidazole rings is 1. The average Bonchev–Trinajstić information content (AvgIpc) is 3.30. The first-order chi connectivity index (χ1) is 17.7. The maximum Gasteiger partial charge on any atom is 0.251 e. The fraction of sp³-hybridized carbons (Fsp3) is 0.310. The van der Waals surface area contributed by atoms with Gasteiger partial charge in [0.1, 0.15) is 11.4 Å². The second kappa shape index (κ2) is 11.5. The van der Waals surface area contributed by atoms with Gasteiger partial charge in [0.15, 0.2) is 0 Å². The van der Waals surface area contributed by atoms with Gasteiger partial charge in [-0.05, 0) is 63.4 Å². The van der Waals surface area contributed by atoms with Crippen LogP contribution in [-0.4, -0.2) is 44.3 Å². The first-order valence-electron chi connectivity index (χ1n) is 12.5. The van der Waals surface area contributed by atoms with Crippen molar-refractivity contribution in [3.8, 4) is 17.0 Å². The molecule has 0 bridgehead atoms. The van der Waals surface area contributed by atoms with E-state index in [0.717, 1.165) is 28.0 Å². The van der Waals surface area contributed by atoms with Gasteiger partial charge in [0.25, 0.3) is 5.91 Å². The van der Waals surface area contributed by atoms with Crippen LogP contribution in [-0.2, 0) is 6.42 Å². The lowest BCUT2D eigenvalue weighted by Gasteiger charge is -2.19. The number of nitrogen functional groups attached to an aromatic ring is 1. The zero-order valence-corrected chi connectivity index (χ0v) is 21.4. The molecule has 4 aromatic rings. The third-order valence-electron chi connectivity index (χ3n) is 6.14. The molecule has 1 amide bonds. The largest absolute Gasteiger partial charge is 0.489 e. The number of carbonyl (C=O) groups excluding carboxylic acids is 1. The highest BCUT2D eigenvalue weighted by atomic mass is 16.5. The topological polar surface area (TPSA) is 122 Å². The highest BCUT2D eigenvalue weighted by Crippen LogP contribution is 2.25. The van der Waals surface area contributed by atoms with Crippen molar-refractivity contribution in [1.82, 2.24) is 14.7 Å². The Morgan fingerprint density at radius 1 is 1.14 bits per heavy atom. The van der Waals surface area contributed by atoms with Crippen LogP contribution < -0.4 is 15.8 Å². The van der Waals surface area contributed by atoms with Crippen LogP contribution in [0, 0.1) is 0 Å². The molecule has 2 atom stereocenters. The van der Waals surface area contributed by atoms with E-state index in [-0.39, 0.29) is 24.7 Å². The average molecular weight is 503 g/mol. The molecule has 37 heavy (non-hydrogen) atoms. The molecule has 0 spiro atoms. The van der Waals surface area contributed by atoms with E-state index in [1.807, 2.05) is 67.0 Å². The molecule has 0 aliphatic rings. The van der Waals surface area contributed by atoms with Crippen LogP contribution in [0.15, 0.2) is 67.0 Å². The predicted molar refractivity (Wildman–Crippen MR) is 145 cm³/mol. The molecule has 0 saturated carbocycles. The van der Waals surface area contributed by atoms with Crippen molar-refractivity contribution < 1.29 is 19.7 Å². The highest BCUT2D eigenvalue weighted by Gasteiger charge is 2.17. The van der Waals surface area contributed by atoms with Gasteiger partial charge in [0, 0.05) is 41.7 Å². The molecule has 0 unspecified atom stereocenters. The third kappa shape index (κ3) is 6.28. The Kier molecular flexibility index (Phi) is 8.11. The van der Waals surface area contributed by atoms with E-state index in [0.29, 0.717) is 29.8 Å². The Hall–Kier alpha value is -3.88. The number of hydrogen-bond acceptors (Lipinski definition) is 6. The fourth-order valence-corrected chi connectivity index (χ4v) is 4.30. The third-order valence-corrected chi connectivity index (χ3v) is 6.14. The number of hydrogen-bond donors (Lipinski definition) is 4. The maximum atomic E-state index is 12.9. The molecule has 0 fully saturated rings. The molecule has 4 rings (SSSR count). The van der Waals surface area contributed by atoms with E-state index in [4.69, 9.17) is 15.5 Å². The molecular weight excluding hydrogens is 468 g/mol. The smallest absolute Gasteiger partial charge is 0.251 e. The Morgan fingerprint density at radius 2 is 1.89 bits per heavy atom. The minimum Gasteiger partial charge on any atom is -0.489 e. The molecule has 8 heteroatoms.